The first kappa shape index (κ1) is 24.2. The molecule has 0 radical (unpaired) electrons. The van der Waals surface area contributed by atoms with Crippen LogP contribution in [0.3, 0.4) is 0 Å². The minimum absolute atomic E-state index is 0.0645. The summed E-state index contributed by atoms with van der Waals surface area (Å²) in [5.74, 6) is -0.474. The van der Waals surface area contributed by atoms with E-state index in [2.05, 4.69) is 21.8 Å². The number of carbonyl (C=O) groups excluding carboxylic acids is 2. The van der Waals surface area contributed by atoms with Gasteiger partial charge >= 0.3 is 0 Å². The molecule has 0 bridgehead atoms. The molecule has 9 heteroatoms. The maximum Gasteiger partial charge on any atom is 0.241 e. The fourth-order valence-electron chi connectivity index (χ4n) is 4.60. The number of piperazine rings is 1. The number of nitrogens with one attached hydrogen (secondary N) is 1. The lowest BCUT2D eigenvalue weighted by Gasteiger charge is -2.38. The van der Waals surface area contributed by atoms with E-state index < -0.39 is 16.1 Å². The van der Waals surface area contributed by atoms with Gasteiger partial charge in [-0.15, -0.1) is 0 Å². The minimum atomic E-state index is -3.91. The van der Waals surface area contributed by atoms with E-state index >= 15 is 0 Å². The summed E-state index contributed by atoms with van der Waals surface area (Å²) in [7, 11) is -3.91. The average molecular weight is 485 g/mol. The number of nitrogens with zero attached hydrogens (tertiary/aromatic N) is 3. The molecule has 0 aliphatic carbocycles. The molecule has 2 heterocycles. The molecule has 1 saturated heterocycles. The number of anilines is 2. The summed E-state index contributed by atoms with van der Waals surface area (Å²) in [4.78, 5) is 30.9. The summed E-state index contributed by atoms with van der Waals surface area (Å²) in [5, 5.41) is 0. The standard InChI is InChI=1S/C25H32N4O4S/c1-18(2)24(25(31)28-15-13-27(14-16-28)21-7-5-4-6-8-21)26-34(32,33)22-9-10-23-20(17-22)11-12-29(23)19(3)30/h4-10,17-18,24,26H,11-16H2,1-3H3/t24-/m1/s1. The first-order valence-corrected chi connectivity index (χ1v) is 13.2. The SMILES string of the molecule is CC(=O)N1CCc2cc(S(=O)(=O)N[C@@H](C(=O)N3CCN(c4ccccc4)CC3)C(C)C)ccc21. The van der Waals surface area contributed by atoms with E-state index in [0.29, 0.717) is 39.1 Å². The third-order valence-electron chi connectivity index (χ3n) is 6.56. The summed E-state index contributed by atoms with van der Waals surface area (Å²) >= 11 is 0. The normalized spacial score (nSPS) is 17.1. The quantitative estimate of drug-likeness (QED) is 0.679. The van der Waals surface area contributed by atoms with Crippen LogP contribution in [0.15, 0.2) is 53.4 Å². The van der Waals surface area contributed by atoms with E-state index in [1.54, 1.807) is 21.9 Å². The molecule has 0 saturated carbocycles. The number of hydrogen-bond acceptors (Lipinski definition) is 5. The summed E-state index contributed by atoms with van der Waals surface area (Å²) in [6, 6.07) is 14.0. The Morgan fingerprint density at radius 2 is 1.62 bits per heavy atom. The molecular weight excluding hydrogens is 452 g/mol. The van der Waals surface area contributed by atoms with Crippen LogP contribution in [0.5, 0.6) is 0 Å². The van der Waals surface area contributed by atoms with Crippen molar-refractivity contribution in [1.82, 2.24) is 9.62 Å². The van der Waals surface area contributed by atoms with Gasteiger partial charge in [0.25, 0.3) is 0 Å². The minimum Gasteiger partial charge on any atom is -0.368 e. The molecule has 1 fully saturated rings. The lowest BCUT2D eigenvalue weighted by Crippen LogP contribution is -2.56. The summed E-state index contributed by atoms with van der Waals surface area (Å²) in [5.41, 5.74) is 2.69. The third kappa shape index (κ3) is 4.95. The number of rotatable bonds is 6. The molecule has 2 aromatic rings. The Kier molecular flexibility index (Phi) is 6.95. The summed E-state index contributed by atoms with van der Waals surface area (Å²) in [6.45, 7) is 8.22. The van der Waals surface area contributed by atoms with Gasteiger partial charge in [-0.1, -0.05) is 32.0 Å². The molecule has 1 atom stereocenters. The number of benzene rings is 2. The first-order chi connectivity index (χ1) is 16.2. The second-order valence-electron chi connectivity index (χ2n) is 9.20. The van der Waals surface area contributed by atoms with Crippen LogP contribution in [0.2, 0.25) is 0 Å². The molecule has 0 aromatic heterocycles. The Labute approximate surface area is 201 Å². The van der Waals surface area contributed by atoms with E-state index in [4.69, 9.17) is 0 Å². The molecule has 34 heavy (non-hydrogen) atoms. The van der Waals surface area contributed by atoms with E-state index in [-0.39, 0.29) is 22.6 Å². The van der Waals surface area contributed by atoms with E-state index in [1.807, 2.05) is 32.0 Å². The van der Waals surface area contributed by atoms with Crippen LogP contribution in [0.25, 0.3) is 0 Å². The average Bonchev–Trinajstić information content (AvgIpc) is 3.26. The third-order valence-corrected chi connectivity index (χ3v) is 8.00. The molecule has 2 aliphatic rings. The van der Waals surface area contributed by atoms with Gasteiger partial charge in [-0.3, -0.25) is 9.59 Å². The maximum atomic E-state index is 13.3. The van der Waals surface area contributed by atoms with Crippen molar-refractivity contribution in [2.75, 3.05) is 42.5 Å². The largest absolute Gasteiger partial charge is 0.368 e. The highest BCUT2D eigenvalue weighted by Crippen LogP contribution is 2.30. The molecule has 8 nitrogen and oxygen atoms in total. The number of fused-ring (bicyclic) bond motifs is 1. The van der Waals surface area contributed by atoms with Gasteiger partial charge in [0.1, 0.15) is 6.04 Å². The second kappa shape index (κ2) is 9.76. The van der Waals surface area contributed by atoms with Crippen molar-refractivity contribution >= 4 is 33.2 Å². The lowest BCUT2D eigenvalue weighted by atomic mass is 10.0. The van der Waals surface area contributed by atoms with Crippen LogP contribution in [-0.4, -0.2) is 63.9 Å². The van der Waals surface area contributed by atoms with Gasteiger partial charge in [-0.05, 0) is 48.2 Å². The molecular formula is C25H32N4O4S. The molecule has 0 unspecified atom stereocenters. The van der Waals surface area contributed by atoms with Crippen LogP contribution in [0.4, 0.5) is 11.4 Å². The molecule has 2 aromatic carbocycles. The van der Waals surface area contributed by atoms with Crippen molar-refractivity contribution in [1.29, 1.82) is 0 Å². The van der Waals surface area contributed by atoms with Crippen LogP contribution in [0, 0.1) is 5.92 Å². The van der Waals surface area contributed by atoms with Crippen molar-refractivity contribution in [3.05, 3.63) is 54.1 Å². The fraction of sp³-hybridized carbons (Fsp3) is 0.440. The number of carbonyl (C=O) groups is 2. The van der Waals surface area contributed by atoms with Gasteiger partial charge in [-0.25, -0.2) is 8.42 Å². The van der Waals surface area contributed by atoms with Crippen LogP contribution in [-0.2, 0) is 26.0 Å². The Morgan fingerprint density at radius 3 is 2.24 bits per heavy atom. The highest BCUT2D eigenvalue weighted by molar-refractivity contribution is 7.89. The Balaban J connectivity index is 1.46. The van der Waals surface area contributed by atoms with Gasteiger partial charge in [0.2, 0.25) is 21.8 Å². The van der Waals surface area contributed by atoms with E-state index in [9.17, 15) is 18.0 Å². The summed E-state index contributed by atoms with van der Waals surface area (Å²) in [6.07, 6.45) is 0.608. The Bertz CT molecular complexity index is 1160. The van der Waals surface area contributed by atoms with Gasteiger partial charge in [-0.2, -0.15) is 4.72 Å². The van der Waals surface area contributed by atoms with Gasteiger partial charge < -0.3 is 14.7 Å². The number of sulfonamides is 1. The monoisotopic (exact) mass is 484 g/mol. The zero-order chi connectivity index (χ0) is 24.5. The van der Waals surface area contributed by atoms with Crippen LogP contribution >= 0.6 is 0 Å². The molecule has 2 amide bonds. The van der Waals surface area contributed by atoms with Crippen molar-refractivity contribution in [3.63, 3.8) is 0 Å². The smallest absolute Gasteiger partial charge is 0.241 e. The predicted molar refractivity (Wildman–Crippen MR) is 132 cm³/mol. The van der Waals surface area contributed by atoms with E-state index in [1.165, 1.54) is 13.0 Å². The van der Waals surface area contributed by atoms with Crippen molar-refractivity contribution in [2.45, 2.75) is 38.1 Å². The predicted octanol–water partition coefficient (Wildman–Crippen LogP) is 2.25. The van der Waals surface area contributed by atoms with Crippen molar-refractivity contribution in [2.24, 2.45) is 5.92 Å². The Morgan fingerprint density at radius 1 is 0.941 bits per heavy atom. The summed E-state index contributed by atoms with van der Waals surface area (Å²) < 4.78 is 29.1. The van der Waals surface area contributed by atoms with Crippen molar-refractivity contribution in [3.8, 4) is 0 Å². The topological polar surface area (TPSA) is 90.0 Å². The first-order valence-electron chi connectivity index (χ1n) is 11.7. The maximum absolute atomic E-state index is 13.3. The van der Waals surface area contributed by atoms with Crippen molar-refractivity contribution < 1.29 is 18.0 Å². The number of amides is 2. The zero-order valence-corrected chi connectivity index (χ0v) is 20.7. The molecule has 1 N–H and O–H groups in total. The molecule has 2 aliphatic heterocycles. The van der Waals surface area contributed by atoms with Gasteiger partial charge in [0, 0.05) is 51.0 Å². The Hall–Kier alpha value is -2.91. The number of para-hydroxylation sites is 1. The molecule has 182 valence electrons. The fourth-order valence-corrected chi connectivity index (χ4v) is 5.99. The number of hydrogen-bond donors (Lipinski definition) is 1. The highest BCUT2D eigenvalue weighted by atomic mass is 32.2. The zero-order valence-electron chi connectivity index (χ0n) is 19.9. The van der Waals surface area contributed by atoms with Crippen LogP contribution in [0.1, 0.15) is 26.3 Å². The van der Waals surface area contributed by atoms with E-state index in [0.717, 1.165) is 16.9 Å². The van der Waals surface area contributed by atoms with Gasteiger partial charge in [0.05, 0.1) is 4.90 Å². The van der Waals surface area contributed by atoms with Crippen LogP contribution < -0.4 is 14.5 Å². The molecule has 4 rings (SSSR count). The second-order valence-corrected chi connectivity index (χ2v) is 10.9. The lowest BCUT2D eigenvalue weighted by molar-refractivity contribution is -0.134. The molecule has 0 spiro atoms. The van der Waals surface area contributed by atoms with Gasteiger partial charge in [0.15, 0.2) is 0 Å². The highest BCUT2D eigenvalue weighted by Gasteiger charge is 2.34.